The van der Waals surface area contributed by atoms with Crippen LogP contribution in [0.2, 0.25) is 5.02 Å². The molecule has 8 nitrogen and oxygen atoms in total. The molecule has 11 heteroatoms. The van der Waals surface area contributed by atoms with Crippen LogP contribution in [0, 0.1) is 11.6 Å². The predicted octanol–water partition coefficient (Wildman–Crippen LogP) is 3.45. The number of hydrogen-bond donors (Lipinski definition) is 2. The molecule has 1 atom stereocenters. The Labute approximate surface area is 198 Å². The average Bonchev–Trinajstić information content (AvgIpc) is 3.21. The lowest BCUT2D eigenvalue weighted by atomic mass is 9.85. The highest BCUT2D eigenvalue weighted by molar-refractivity contribution is 6.30. The molecule has 2 N–H and O–H groups in total. The Bertz CT molecular complexity index is 1220. The number of carboxylic acid groups (broad SMARTS) is 1. The van der Waals surface area contributed by atoms with Crippen molar-refractivity contribution in [1.29, 1.82) is 0 Å². The molecule has 3 heterocycles. The third kappa shape index (κ3) is 3.71. The molecule has 0 aromatic heterocycles. The zero-order chi connectivity index (χ0) is 24.1. The van der Waals surface area contributed by atoms with Gasteiger partial charge in [-0.15, -0.1) is 0 Å². The molecule has 3 amide bonds. The third-order valence-corrected chi connectivity index (χ3v) is 6.72. The number of carbonyl (C=O) groups excluding carboxylic acids is 2. The van der Waals surface area contributed by atoms with Gasteiger partial charge in [-0.25, -0.2) is 13.6 Å². The number of rotatable bonds is 4. The van der Waals surface area contributed by atoms with E-state index in [2.05, 4.69) is 5.32 Å². The van der Waals surface area contributed by atoms with Gasteiger partial charge >= 0.3 is 6.09 Å². The summed E-state index contributed by atoms with van der Waals surface area (Å²) >= 11 is 5.78. The van der Waals surface area contributed by atoms with Crippen molar-refractivity contribution in [3.05, 3.63) is 52.0 Å². The monoisotopic (exact) mass is 491 g/mol. The van der Waals surface area contributed by atoms with E-state index in [4.69, 9.17) is 16.3 Å². The molecular formula is C23H20ClF2N3O5. The number of nitrogens with zero attached hydrogens (tertiary/aromatic N) is 2. The van der Waals surface area contributed by atoms with Gasteiger partial charge in [-0.05, 0) is 24.6 Å². The number of benzene rings is 2. The highest BCUT2D eigenvalue weighted by Gasteiger charge is 2.41. The van der Waals surface area contributed by atoms with Crippen molar-refractivity contribution in [1.82, 2.24) is 5.32 Å². The van der Waals surface area contributed by atoms with Crippen molar-refractivity contribution in [2.24, 2.45) is 0 Å². The first-order chi connectivity index (χ1) is 16.2. The number of hydrogen-bond acceptors (Lipinski definition) is 5. The number of halogens is 3. The number of ether oxygens (including phenoxy) is 1. The van der Waals surface area contributed by atoms with Crippen molar-refractivity contribution in [3.63, 3.8) is 0 Å². The van der Waals surface area contributed by atoms with E-state index < -0.39 is 35.6 Å². The minimum atomic E-state index is -1.31. The second kappa shape index (κ2) is 8.43. The topological polar surface area (TPSA) is 99.2 Å². The van der Waals surface area contributed by atoms with E-state index in [1.807, 2.05) is 0 Å². The van der Waals surface area contributed by atoms with Crippen molar-refractivity contribution in [2.45, 2.75) is 31.2 Å². The van der Waals surface area contributed by atoms with E-state index >= 15 is 4.39 Å². The summed E-state index contributed by atoms with van der Waals surface area (Å²) in [6, 6.07) is 4.49. The smallest absolute Gasteiger partial charge is 0.412 e. The number of piperidine rings is 1. The molecule has 0 saturated carbocycles. The molecule has 2 aromatic rings. The molecule has 34 heavy (non-hydrogen) atoms. The van der Waals surface area contributed by atoms with E-state index in [-0.39, 0.29) is 48.1 Å². The highest BCUT2D eigenvalue weighted by Crippen LogP contribution is 2.45. The van der Waals surface area contributed by atoms with Crippen molar-refractivity contribution in [3.8, 4) is 5.75 Å². The lowest BCUT2D eigenvalue weighted by Gasteiger charge is -2.46. The summed E-state index contributed by atoms with van der Waals surface area (Å²) in [5, 5.41) is 12.1. The molecule has 2 fully saturated rings. The first-order valence-electron chi connectivity index (χ1n) is 10.8. The fourth-order valence-corrected chi connectivity index (χ4v) is 5.04. The maximum absolute atomic E-state index is 15.3. The van der Waals surface area contributed by atoms with Crippen LogP contribution in [0.4, 0.5) is 25.0 Å². The van der Waals surface area contributed by atoms with Crippen molar-refractivity contribution >= 4 is 40.9 Å². The van der Waals surface area contributed by atoms with Crippen LogP contribution < -0.4 is 19.9 Å². The Morgan fingerprint density at radius 3 is 2.62 bits per heavy atom. The Balaban J connectivity index is 1.41. The van der Waals surface area contributed by atoms with Crippen LogP contribution in [0.15, 0.2) is 24.3 Å². The second-order valence-corrected chi connectivity index (χ2v) is 8.94. The van der Waals surface area contributed by atoms with Gasteiger partial charge in [0, 0.05) is 48.1 Å². The summed E-state index contributed by atoms with van der Waals surface area (Å²) in [5.41, 5.74) is 1.18. The largest absolute Gasteiger partial charge is 0.491 e. The highest BCUT2D eigenvalue weighted by atomic mass is 35.5. The number of fused-ring (bicyclic) bond motifs is 1. The predicted molar refractivity (Wildman–Crippen MR) is 119 cm³/mol. The Kier molecular flexibility index (Phi) is 5.55. The number of imide groups is 1. The van der Waals surface area contributed by atoms with Gasteiger partial charge in [0.15, 0.2) is 0 Å². The van der Waals surface area contributed by atoms with Crippen LogP contribution in [-0.4, -0.2) is 48.8 Å². The number of carbonyl (C=O) groups is 3. The Morgan fingerprint density at radius 2 is 1.94 bits per heavy atom. The molecular weight excluding hydrogens is 472 g/mol. The third-order valence-electron chi connectivity index (χ3n) is 6.48. The van der Waals surface area contributed by atoms with E-state index in [0.717, 1.165) is 11.0 Å². The van der Waals surface area contributed by atoms with Gasteiger partial charge in [-0.2, -0.15) is 0 Å². The van der Waals surface area contributed by atoms with Crippen LogP contribution in [0.1, 0.15) is 29.9 Å². The standard InChI is InChI=1S/C23H20ClF2N3O5/c24-11-1-3-17(15(25)7-11)29(23(32)33)12-9-28(10-12)18-8-16(26)20(13-5-6-34-21(13)18)14-2-4-19(30)27-22(14)31/h1,3,7-8,12,14H,2,4-6,9-10H2,(H,32,33)(H,27,30,31). The van der Waals surface area contributed by atoms with Gasteiger partial charge in [0.1, 0.15) is 17.4 Å². The molecule has 0 radical (unpaired) electrons. The van der Waals surface area contributed by atoms with Crippen LogP contribution in [0.5, 0.6) is 5.75 Å². The summed E-state index contributed by atoms with van der Waals surface area (Å²) < 4.78 is 35.5. The molecule has 5 rings (SSSR count). The number of amides is 3. The van der Waals surface area contributed by atoms with Gasteiger partial charge < -0.3 is 14.7 Å². The van der Waals surface area contributed by atoms with E-state index in [1.54, 1.807) is 4.90 Å². The zero-order valence-electron chi connectivity index (χ0n) is 17.8. The van der Waals surface area contributed by atoms with Gasteiger partial charge in [0.2, 0.25) is 11.8 Å². The average molecular weight is 492 g/mol. The maximum atomic E-state index is 15.3. The minimum Gasteiger partial charge on any atom is -0.491 e. The molecule has 0 aliphatic carbocycles. The molecule has 0 bridgehead atoms. The van der Waals surface area contributed by atoms with Crippen LogP contribution >= 0.6 is 11.6 Å². The fraction of sp³-hybridized carbons (Fsp3) is 0.348. The van der Waals surface area contributed by atoms with Crippen LogP contribution in [0.25, 0.3) is 0 Å². The van der Waals surface area contributed by atoms with E-state index in [1.165, 1.54) is 18.2 Å². The summed E-state index contributed by atoms with van der Waals surface area (Å²) in [4.78, 5) is 38.5. The maximum Gasteiger partial charge on any atom is 0.412 e. The van der Waals surface area contributed by atoms with Crippen molar-refractivity contribution in [2.75, 3.05) is 29.5 Å². The summed E-state index contributed by atoms with van der Waals surface area (Å²) in [7, 11) is 0. The summed E-state index contributed by atoms with van der Waals surface area (Å²) in [5.74, 6) is -2.55. The normalized spacial score (nSPS) is 19.9. The zero-order valence-corrected chi connectivity index (χ0v) is 18.6. The second-order valence-electron chi connectivity index (χ2n) is 8.51. The quantitative estimate of drug-likeness (QED) is 0.636. The SMILES string of the molecule is O=C1CCC(c2c(F)cc(N3CC(N(C(=O)O)c4ccc(Cl)cc4F)C3)c3c2CCO3)C(=O)N1. The summed E-state index contributed by atoms with van der Waals surface area (Å²) in [6.45, 7) is 0.712. The van der Waals surface area contributed by atoms with Gasteiger partial charge in [-0.3, -0.25) is 19.8 Å². The van der Waals surface area contributed by atoms with Crippen LogP contribution in [0.3, 0.4) is 0 Å². The molecule has 2 aromatic carbocycles. The van der Waals surface area contributed by atoms with Gasteiger partial charge in [-0.1, -0.05) is 11.6 Å². The lowest BCUT2D eigenvalue weighted by Crippen LogP contribution is -2.61. The number of anilines is 2. The van der Waals surface area contributed by atoms with Crippen LogP contribution in [-0.2, 0) is 16.0 Å². The van der Waals surface area contributed by atoms with Gasteiger partial charge in [0.05, 0.1) is 29.9 Å². The Morgan fingerprint density at radius 1 is 1.18 bits per heavy atom. The van der Waals surface area contributed by atoms with E-state index in [9.17, 15) is 23.9 Å². The molecule has 2 saturated heterocycles. The molecule has 1 unspecified atom stereocenters. The molecule has 3 aliphatic heterocycles. The number of nitrogens with one attached hydrogen (secondary N) is 1. The molecule has 3 aliphatic rings. The molecule has 178 valence electrons. The van der Waals surface area contributed by atoms with Crippen molar-refractivity contribution < 1.29 is 33.0 Å². The minimum absolute atomic E-state index is 0.109. The van der Waals surface area contributed by atoms with E-state index in [0.29, 0.717) is 30.0 Å². The lowest BCUT2D eigenvalue weighted by molar-refractivity contribution is -0.134. The molecule has 0 spiro atoms. The first kappa shape index (κ1) is 22.4. The fourth-order valence-electron chi connectivity index (χ4n) is 4.88. The van der Waals surface area contributed by atoms with Gasteiger partial charge in [0.25, 0.3) is 0 Å². The Hall–Kier alpha value is -3.40. The first-order valence-corrected chi connectivity index (χ1v) is 11.2. The summed E-state index contributed by atoms with van der Waals surface area (Å²) in [6.07, 6.45) is -0.541.